The van der Waals surface area contributed by atoms with Crippen LogP contribution in [0.1, 0.15) is 39.3 Å². The molecule has 2 heterocycles. The monoisotopic (exact) mass is 329 g/mol. The van der Waals surface area contributed by atoms with Crippen LogP contribution in [0.4, 0.5) is 18.9 Å². The number of carbonyl (C=O) groups is 1. The van der Waals surface area contributed by atoms with Crippen molar-refractivity contribution in [3.8, 4) is 0 Å². The van der Waals surface area contributed by atoms with Gasteiger partial charge in [0.05, 0.1) is 5.92 Å². The lowest BCUT2D eigenvalue weighted by molar-refractivity contribution is -0.141. The Bertz CT molecular complexity index is 566. The smallest absolute Gasteiger partial charge is 0.371 e. The van der Waals surface area contributed by atoms with E-state index in [1.54, 1.807) is 6.07 Å². The minimum absolute atomic E-state index is 0.0488. The standard InChI is InChI=1S/C16H22F3N3O/c1-15(2,3)21-14(23)11-5-4-8-22(10-11)12-6-7-20-13(9-12)16(17,18)19/h6-7,9,11H,4-5,8,10H2,1-3H3,(H,21,23). The van der Waals surface area contributed by atoms with Crippen LogP contribution >= 0.6 is 0 Å². The molecule has 0 aromatic carbocycles. The predicted octanol–water partition coefficient (Wildman–Crippen LogP) is 3.23. The van der Waals surface area contributed by atoms with Gasteiger partial charge in [-0.15, -0.1) is 0 Å². The van der Waals surface area contributed by atoms with Gasteiger partial charge in [-0.2, -0.15) is 13.2 Å². The molecule has 1 fully saturated rings. The number of carbonyl (C=O) groups excluding carboxylic acids is 1. The van der Waals surface area contributed by atoms with Gasteiger partial charge in [-0.05, 0) is 45.7 Å². The molecular formula is C16H22F3N3O. The third-order valence-corrected chi connectivity index (χ3v) is 3.69. The number of hydrogen-bond donors (Lipinski definition) is 1. The van der Waals surface area contributed by atoms with E-state index >= 15 is 0 Å². The summed E-state index contributed by atoms with van der Waals surface area (Å²) in [6.45, 7) is 6.78. The van der Waals surface area contributed by atoms with E-state index < -0.39 is 11.9 Å². The summed E-state index contributed by atoms with van der Waals surface area (Å²) >= 11 is 0. The second-order valence-electron chi connectivity index (χ2n) is 6.92. The molecule has 1 aliphatic rings. The number of rotatable bonds is 2. The highest BCUT2D eigenvalue weighted by Crippen LogP contribution is 2.31. The molecule has 128 valence electrons. The van der Waals surface area contributed by atoms with E-state index in [4.69, 9.17) is 0 Å². The van der Waals surface area contributed by atoms with Gasteiger partial charge in [0.2, 0.25) is 5.91 Å². The van der Waals surface area contributed by atoms with Gasteiger partial charge in [0.15, 0.2) is 0 Å². The molecular weight excluding hydrogens is 307 g/mol. The minimum atomic E-state index is -4.46. The second-order valence-corrected chi connectivity index (χ2v) is 6.92. The van der Waals surface area contributed by atoms with Crippen molar-refractivity contribution in [2.75, 3.05) is 18.0 Å². The number of nitrogens with one attached hydrogen (secondary N) is 1. The van der Waals surface area contributed by atoms with E-state index in [0.717, 1.165) is 25.1 Å². The lowest BCUT2D eigenvalue weighted by Crippen LogP contribution is -2.48. The first-order valence-corrected chi connectivity index (χ1v) is 7.66. The lowest BCUT2D eigenvalue weighted by Gasteiger charge is -2.35. The molecule has 4 nitrogen and oxygen atoms in total. The molecule has 1 unspecified atom stereocenters. The topological polar surface area (TPSA) is 45.2 Å². The Kier molecular flexibility index (Phi) is 4.87. The maximum atomic E-state index is 12.8. The molecule has 0 bridgehead atoms. The fraction of sp³-hybridized carbons (Fsp3) is 0.625. The number of piperidine rings is 1. The Morgan fingerprint density at radius 1 is 1.35 bits per heavy atom. The minimum Gasteiger partial charge on any atom is -0.371 e. The van der Waals surface area contributed by atoms with Gasteiger partial charge >= 0.3 is 6.18 Å². The molecule has 0 aliphatic carbocycles. The fourth-order valence-corrected chi connectivity index (χ4v) is 2.67. The van der Waals surface area contributed by atoms with Crippen LogP contribution in [-0.2, 0) is 11.0 Å². The molecule has 7 heteroatoms. The highest BCUT2D eigenvalue weighted by molar-refractivity contribution is 5.80. The molecule has 0 saturated carbocycles. The molecule has 1 atom stereocenters. The van der Waals surface area contributed by atoms with Gasteiger partial charge in [-0.1, -0.05) is 0 Å². The third kappa shape index (κ3) is 4.84. The number of halogens is 3. The summed E-state index contributed by atoms with van der Waals surface area (Å²) in [4.78, 5) is 17.5. The number of nitrogens with zero attached hydrogens (tertiary/aromatic N) is 2. The van der Waals surface area contributed by atoms with E-state index in [2.05, 4.69) is 10.3 Å². The number of alkyl halides is 3. The van der Waals surface area contributed by atoms with Gasteiger partial charge < -0.3 is 10.2 Å². The van der Waals surface area contributed by atoms with Crippen molar-refractivity contribution in [1.82, 2.24) is 10.3 Å². The Labute approximate surface area is 134 Å². The van der Waals surface area contributed by atoms with Crippen LogP contribution in [0.2, 0.25) is 0 Å². The van der Waals surface area contributed by atoms with Crippen LogP contribution in [0, 0.1) is 5.92 Å². The maximum absolute atomic E-state index is 12.8. The predicted molar refractivity (Wildman–Crippen MR) is 82.1 cm³/mol. The van der Waals surface area contributed by atoms with E-state index in [1.807, 2.05) is 25.7 Å². The zero-order valence-corrected chi connectivity index (χ0v) is 13.6. The van der Waals surface area contributed by atoms with Gasteiger partial charge in [0.1, 0.15) is 5.69 Å². The molecule has 1 amide bonds. The third-order valence-electron chi connectivity index (χ3n) is 3.69. The van der Waals surface area contributed by atoms with Gasteiger partial charge in [-0.3, -0.25) is 9.78 Å². The van der Waals surface area contributed by atoms with Crippen molar-refractivity contribution in [2.45, 2.75) is 45.3 Å². The summed E-state index contributed by atoms with van der Waals surface area (Å²) in [6, 6.07) is 2.60. The largest absolute Gasteiger partial charge is 0.433 e. The van der Waals surface area contributed by atoms with E-state index in [-0.39, 0.29) is 17.4 Å². The first kappa shape index (κ1) is 17.6. The van der Waals surface area contributed by atoms with Gasteiger partial charge in [-0.25, -0.2) is 0 Å². The average Bonchev–Trinajstić information content (AvgIpc) is 2.45. The van der Waals surface area contributed by atoms with Crippen molar-refractivity contribution in [3.63, 3.8) is 0 Å². The molecule has 1 saturated heterocycles. The highest BCUT2D eigenvalue weighted by Gasteiger charge is 2.34. The first-order chi connectivity index (χ1) is 10.6. The molecule has 0 radical (unpaired) electrons. The van der Waals surface area contributed by atoms with Crippen molar-refractivity contribution < 1.29 is 18.0 Å². The Morgan fingerprint density at radius 3 is 2.65 bits per heavy atom. The average molecular weight is 329 g/mol. The quantitative estimate of drug-likeness (QED) is 0.906. The zero-order valence-electron chi connectivity index (χ0n) is 13.6. The molecule has 1 aromatic rings. The second kappa shape index (κ2) is 6.37. The van der Waals surface area contributed by atoms with Crippen LogP contribution < -0.4 is 10.2 Å². The molecule has 1 N–H and O–H groups in total. The molecule has 23 heavy (non-hydrogen) atoms. The summed E-state index contributed by atoms with van der Waals surface area (Å²) in [5.74, 6) is -0.266. The van der Waals surface area contributed by atoms with Crippen LogP contribution in [0.5, 0.6) is 0 Å². The Balaban J connectivity index is 2.11. The van der Waals surface area contributed by atoms with E-state index in [1.165, 1.54) is 0 Å². The first-order valence-electron chi connectivity index (χ1n) is 7.66. The van der Waals surface area contributed by atoms with Crippen molar-refractivity contribution in [1.29, 1.82) is 0 Å². The van der Waals surface area contributed by atoms with Crippen LogP contribution in [0.25, 0.3) is 0 Å². The summed E-state index contributed by atoms with van der Waals surface area (Å²) in [5, 5.41) is 2.94. The number of anilines is 1. The lowest BCUT2D eigenvalue weighted by atomic mass is 9.95. The highest BCUT2D eigenvalue weighted by atomic mass is 19.4. The SMILES string of the molecule is CC(C)(C)NC(=O)C1CCCN(c2ccnc(C(F)(F)F)c2)C1. The van der Waals surface area contributed by atoms with Gasteiger partial charge in [0, 0.05) is 30.5 Å². The van der Waals surface area contributed by atoms with Crippen LogP contribution in [0.15, 0.2) is 18.3 Å². The van der Waals surface area contributed by atoms with Gasteiger partial charge in [0.25, 0.3) is 0 Å². The van der Waals surface area contributed by atoms with Crippen LogP contribution in [-0.4, -0.2) is 29.5 Å². The summed E-state index contributed by atoms with van der Waals surface area (Å²) < 4.78 is 38.3. The van der Waals surface area contributed by atoms with Crippen molar-refractivity contribution in [2.24, 2.45) is 5.92 Å². The zero-order chi connectivity index (χ0) is 17.3. The van der Waals surface area contributed by atoms with Crippen molar-refractivity contribution in [3.05, 3.63) is 24.0 Å². The number of amides is 1. The number of aromatic nitrogens is 1. The summed E-state index contributed by atoms with van der Waals surface area (Å²) in [5.41, 5.74) is -0.767. The Hall–Kier alpha value is -1.79. The van der Waals surface area contributed by atoms with Crippen LogP contribution in [0.3, 0.4) is 0 Å². The number of hydrogen-bond acceptors (Lipinski definition) is 3. The fourth-order valence-electron chi connectivity index (χ4n) is 2.67. The van der Waals surface area contributed by atoms with E-state index in [9.17, 15) is 18.0 Å². The summed E-state index contributed by atoms with van der Waals surface area (Å²) in [6.07, 6.45) is -1.78. The molecule has 1 aliphatic heterocycles. The van der Waals surface area contributed by atoms with E-state index in [0.29, 0.717) is 18.8 Å². The normalized spacial score (nSPS) is 19.6. The maximum Gasteiger partial charge on any atom is 0.433 e. The Morgan fingerprint density at radius 2 is 2.04 bits per heavy atom. The summed E-state index contributed by atoms with van der Waals surface area (Å²) in [7, 11) is 0. The molecule has 1 aromatic heterocycles. The molecule has 2 rings (SSSR count). The molecule has 0 spiro atoms. The number of pyridine rings is 1. The van der Waals surface area contributed by atoms with Crippen molar-refractivity contribution >= 4 is 11.6 Å².